The summed E-state index contributed by atoms with van der Waals surface area (Å²) in [6.45, 7) is 0. The molecule has 16 heavy (non-hydrogen) atoms. The van der Waals surface area contributed by atoms with Crippen molar-refractivity contribution in [3.8, 4) is 0 Å². The second kappa shape index (κ2) is 4.48. The molecule has 0 saturated carbocycles. The van der Waals surface area contributed by atoms with Crippen LogP contribution in [0.15, 0.2) is 36.8 Å². The summed E-state index contributed by atoms with van der Waals surface area (Å²) in [5.74, 6) is 0.346. The minimum Gasteiger partial charge on any atom is -0.465 e. The molecule has 2 rings (SSSR count). The first kappa shape index (κ1) is 10.2. The van der Waals surface area contributed by atoms with Gasteiger partial charge in [-0.1, -0.05) is 12.1 Å². The number of aromatic amines is 1. The molecule has 0 fully saturated rings. The van der Waals surface area contributed by atoms with E-state index in [1.165, 1.54) is 7.11 Å². The highest BCUT2D eigenvalue weighted by atomic mass is 16.5. The van der Waals surface area contributed by atoms with E-state index in [2.05, 4.69) is 15.3 Å². The molecule has 0 bridgehead atoms. The van der Waals surface area contributed by atoms with Crippen molar-refractivity contribution in [1.82, 2.24) is 9.97 Å². The molecule has 2 N–H and O–H groups in total. The highest BCUT2D eigenvalue weighted by Crippen LogP contribution is 2.19. The Bertz CT molecular complexity index is 480. The number of hydrogen-bond donors (Lipinski definition) is 2. The number of methoxy groups -OCH3 is 1. The van der Waals surface area contributed by atoms with Crippen LogP contribution >= 0.6 is 0 Å². The number of aromatic nitrogens is 2. The van der Waals surface area contributed by atoms with Gasteiger partial charge in [0.2, 0.25) is 0 Å². The lowest BCUT2D eigenvalue weighted by molar-refractivity contribution is 0.0602. The van der Waals surface area contributed by atoms with E-state index in [4.69, 9.17) is 4.74 Å². The molecule has 0 saturated heterocycles. The predicted octanol–water partition coefficient (Wildman–Crippen LogP) is 1.94. The standard InChI is InChI=1S/C11H11N3O2/c1-16-11(15)8-4-2-3-5-9(8)14-10-6-12-7-13-10/h2-7,14H,1H3,(H,12,13). The molecule has 0 radical (unpaired) electrons. The highest BCUT2D eigenvalue weighted by Gasteiger charge is 2.10. The number of imidazole rings is 1. The molecule has 5 heteroatoms. The molecular formula is C11H11N3O2. The average Bonchev–Trinajstić information content (AvgIpc) is 2.82. The topological polar surface area (TPSA) is 67.0 Å². The van der Waals surface area contributed by atoms with Crippen molar-refractivity contribution in [1.29, 1.82) is 0 Å². The number of nitrogens with one attached hydrogen (secondary N) is 2. The van der Waals surface area contributed by atoms with Crippen LogP contribution in [0.2, 0.25) is 0 Å². The Balaban J connectivity index is 2.30. The third kappa shape index (κ3) is 2.03. The Labute approximate surface area is 92.5 Å². The lowest BCUT2D eigenvalue weighted by Crippen LogP contribution is -2.05. The quantitative estimate of drug-likeness (QED) is 0.771. The zero-order valence-electron chi connectivity index (χ0n) is 8.73. The maximum absolute atomic E-state index is 11.5. The van der Waals surface area contributed by atoms with Crippen LogP contribution < -0.4 is 5.32 Å². The number of anilines is 2. The van der Waals surface area contributed by atoms with Crippen LogP contribution in [0.25, 0.3) is 0 Å². The summed E-state index contributed by atoms with van der Waals surface area (Å²) in [7, 11) is 1.36. The third-order valence-corrected chi connectivity index (χ3v) is 2.10. The van der Waals surface area contributed by atoms with Crippen LogP contribution in [0.1, 0.15) is 10.4 Å². The number of H-pyrrole nitrogens is 1. The SMILES string of the molecule is COC(=O)c1ccccc1Nc1cnc[nH]1. The molecule has 0 atom stereocenters. The first-order valence-corrected chi connectivity index (χ1v) is 4.74. The van der Waals surface area contributed by atoms with Gasteiger partial charge in [-0.15, -0.1) is 0 Å². The summed E-state index contributed by atoms with van der Waals surface area (Å²) in [6, 6.07) is 7.12. The fraction of sp³-hybridized carbons (Fsp3) is 0.0909. The second-order valence-corrected chi connectivity index (χ2v) is 3.13. The molecule has 0 spiro atoms. The zero-order valence-corrected chi connectivity index (χ0v) is 8.73. The highest BCUT2D eigenvalue weighted by molar-refractivity contribution is 5.96. The number of carbonyl (C=O) groups is 1. The number of para-hydroxylation sites is 1. The summed E-state index contributed by atoms with van der Waals surface area (Å²) < 4.78 is 4.69. The summed E-state index contributed by atoms with van der Waals surface area (Å²) in [6.07, 6.45) is 3.19. The van der Waals surface area contributed by atoms with E-state index >= 15 is 0 Å². The number of ether oxygens (including phenoxy) is 1. The summed E-state index contributed by atoms with van der Waals surface area (Å²) in [5, 5.41) is 3.05. The number of rotatable bonds is 3. The Hall–Kier alpha value is -2.30. The number of benzene rings is 1. The predicted molar refractivity (Wildman–Crippen MR) is 59.7 cm³/mol. The number of esters is 1. The molecule has 0 aliphatic rings. The fourth-order valence-electron chi connectivity index (χ4n) is 1.35. The minimum atomic E-state index is -0.373. The first-order chi connectivity index (χ1) is 7.81. The van der Waals surface area contributed by atoms with E-state index in [0.717, 1.165) is 5.82 Å². The monoisotopic (exact) mass is 217 g/mol. The number of carbonyl (C=O) groups excluding carboxylic acids is 1. The third-order valence-electron chi connectivity index (χ3n) is 2.10. The van der Waals surface area contributed by atoms with E-state index in [1.807, 2.05) is 6.07 Å². The summed E-state index contributed by atoms with van der Waals surface area (Å²) >= 11 is 0. The summed E-state index contributed by atoms with van der Waals surface area (Å²) in [4.78, 5) is 18.2. The molecule has 1 heterocycles. The van der Waals surface area contributed by atoms with Crippen LogP contribution in [0.4, 0.5) is 11.5 Å². The van der Waals surface area contributed by atoms with Gasteiger partial charge in [-0.05, 0) is 12.1 Å². The van der Waals surface area contributed by atoms with Gasteiger partial charge in [-0.25, -0.2) is 9.78 Å². The van der Waals surface area contributed by atoms with Gasteiger partial charge in [-0.3, -0.25) is 0 Å². The minimum absolute atomic E-state index is 0.373. The van der Waals surface area contributed by atoms with Crippen LogP contribution in [-0.4, -0.2) is 23.0 Å². The maximum atomic E-state index is 11.5. The van der Waals surface area contributed by atoms with Crippen molar-refractivity contribution >= 4 is 17.5 Å². The number of nitrogens with zero attached hydrogens (tertiary/aromatic N) is 1. The van der Waals surface area contributed by atoms with Gasteiger partial charge < -0.3 is 15.0 Å². The first-order valence-electron chi connectivity index (χ1n) is 4.74. The zero-order chi connectivity index (χ0) is 11.4. The van der Waals surface area contributed by atoms with Crippen molar-refractivity contribution in [3.05, 3.63) is 42.4 Å². The van der Waals surface area contributed by atoms with Crippen molar-refractivity contribution in [2.24, 2.45) is 0 Å². The Morgan fingerprint density at radius 2 is 2.25 bits per heavy atom. The van der Waals surface area contributed by atoms with Gasteiger partial charge in [0.25, 0.3) is 0 Å². The Morgan fingerprint density at radius 1 is 1.44 bits per heavy atom. The van der Waals surface area contributed by atoms with E-state index in [-0.39, 0.29) is 5.97 Å². The molecule has 1 aromatic carbocycles. The molecule has 0 aliphatic carbocycles. The van der Waals surface area contributed by atoms with Gasteiger partial charge in [0, 0.05) is 0 Å². The molecule has 0 aliphatic heterocycles. The van der Waals surface area contributed by atoms with Gasteiger partial charge in [0.15, 0.2) is 0 Å². The van der Waals surface area contributed by atoms with E-state index in [9.17, 15) is 4.79 Å². The van der Waals surface area contributed by atoms with Crippen molar-refractivity contribution < 1.29 is 9.53 Å². The van der Waals surface area contributed by atoms with Gasteiger partial charge in [0.1, 0.15) is 5.82 Å². The van der Waals surface area contributed by atoms with Crippen LogP contribution in [0.5, 0.6) is 0 Å². The molecule has 2 aromatic rings. The van der Waals surface area contributed by atoms with Gasteiger partial charge in [0.05, 0.1) is 30.9 Å². The normalized spacial score (nSPS) is 9.81. The molecule has 82 valence electrons. The number of hydrogen-bond acceptors (Lipinski definition) is 4. The average molecular weight is 217 g/mol. The molecule has 5 nitrogen and oxygen atoms in total. The Kier molecular flexibility index (Phi) is 2.86. The van der Waals surface area contributed by atoms with Crippen molar-refractivity contribution in [2.45, 2.75) is 0 Å². The fourth-order valence-corrected chi connectivity index (χ4v) is 1.35. The second-order valence-electron chi connectivity index (χ2n) is 3.13. The van der Waals surface area contributed by atoms with Gasteiger partial charge in [-0.2, -0.15) is 0 Å². The van der Waals surface area contributed by atoms with Crippen molar-refractivity contribution in [3.63, 3.8) is 0 Å². The van der Waals surface area contributed by atoms with Crippen molar-refractivity contribution in [2.75, 3.05) is 12.4 Å². The van der Waals surface area contributed by atoms with E-state index < -0.39 is 0 Å². The smallest absolute Gasteiger partial charge is 0.339 e. The largest absolute Gasteiger partial charge is 0.465 e. The molecule has 0 unspecified atom stereocenters. The summed E-state index contributed by atoms with van der Waals surface area (Å²) in [5.41, 5.74) is 1.17. The van der Waals surface area contributed by atoms with Crippen LogP contribution in [0, 0.1) is 0 Å². The van der Waals surface area contributed by atoms with Gasteiger partial charge >= 0.3 is 5.97 Å². The Morgan fingerprint density at radius 3 is 2.94 bits per heavy atom. The molecule has 0 amide bonds. The van der Waals surface area contributed by atoms with E-state index in [1.54, 1.807) is 30.7 Å². The lowest BCUT2D eigenvalue weighted by atomic mass is 10.2. The lowest BCUT2D eigenvalue weighted by Gasteiger charge is -2.08. The molecule has 1 aromatic heterocycles. The maximum Gasteiger partial charge on any atom is 0.339 e. The van der Waals surface area contributed by atoms with Crippen LogP contribution in [-0.2, 0) is 4.74 Å². The van der Waals surface area contributed by atoms with E-state index in [0.29, 0.717) is 11.3 Å². The van der Waals surface area contributed by atoms with Crippen LogP contribution in [0.3, 0.4) is 0 Å². The molecular weight excluding hydrogens is 206 g/mol.